The van der Waals surface area contributed by atoms with Crippen LogP contribution in [0.15, 0.2) is 35.3 Å². The zero-order chi connectivity index (χ0) is 16.6. The summed E-state index contributed by atoms with van der Waals surface area (Å²) >= 11 is 0. The predicted octanol–water partition coefficient (Wildman–Crippen LogP) is 2.91. The summed E-state index contributed by atoms with van der Waals surface area (Å²) in [5, 5.41) is 6.18. The quantitative estimate of drug-likeness (QED) is 0.325. The van der Waals surface area contributed by atoms with Crippen molar-refractivity contribution < 1.29 is 9.53 Å². The smallest absolute Gasteiger partial charge is 0.325 e. The fourth-order valence-electron chi connectivity index (χ4n) is 1.90. The van der Waals surface area contributed by atoms with E-state index in [-0.39, 0.29) is 36.5 Å². The molecule has 0 aliphatic rings. The van der Waals surface area contributed by atoms with Gasteiger partial charge in [-0.3, -0.25) is 9.79 Å². The molecule has 1 aromatic rings. The molecular formula is C17H28IN3O2. The van der Waals surface area contributed by atoms with Gasteiger partial charge in [0.15, 0.2) is 5.96 Å². The van der Waals surface area contributed by atoms with Gasteiger partial charge in [-0.05, 0) is 32.3 Å². The molecular weight excluding hydrogens is 405 g/mol. The van der Waals surface area contributed by atoms with Gasteiger partial charge in [-0.25, -0.2) is 0 Å². The number of carbonyl (C=O) groups is 1. The van der Waals surface area contributed by atoms with Crippen molar-refractivity contribution in [2.75, 3.05) is 20.1 Å². The highest BCUT2D eigenvalue weighted by Gasteiger charge is 2.16. The fourth-order valence-corrected chi connectivity index (χ4v) is 1.90. The van der Waals surface area contributed by atoms with E-state index in [0.717, 1.165) is 6.54 Å². The van der Waals surface area contributed by atoms with Crippen LogP contribution in [0.25, 0.3) is 0 Å². The number of ether oxygens (including phenoxy) is 1. The summed E-state index contributed by atoms with van der Waals surface area (Å²) in [6.45, 7) is 8.51. The molecule has 0 aliphatic heterocycles. The number of carbonyl (C=O) groups excluding carboxylic acids is 1. The maximum atomic E-state index is 11.7. The average molecular weight is 433 g/mol. The minimum atomic E-state index is -0.475. The molecule has 0 saturated carbocycles. The van der Waals surface area contributed by atoms with Gasteiger partial charge in [-0.2, -0.15) is 0 Å². The van der Waals surface area contributed by atoms with E-state index in [2.05, 4.69) is 34.7 Å². The van der Waals surface area contributed by atoms with Crippen LogP contribution in [-0.4, -0.2) is 37.7 Å². The molecule has 0 fully saturated rings. The molecule has 1 aromatic carbocycles. The van der Waals surface area contributed by atoms with Crippen LogP contribution in [0.2, 0.25) is 0 Å². The van der Waals surface area contributed by atoms with Crippen LogP contribution in [0.1, 0.15) is 39.2 Å². The number of benzene rings is 1. The lowest BCUT2D eigenvalue weighted by molar-refractivity contribution is -0.153. The van der Waals surface area contributed by atoms with Crippen molar-refractivity contribution in [1.29, 1.82) is 0 Å². The van der Waals surface area contributed by atoms with Crippen LogP contribution in [0.4, 0.5) is 0 Å². The molecule has 23 heavy (non-hydrogen) atoms. The maximum absolute atomic E-state index is 11.7. The molecule has 0 amide bonds. The third kappa shape index (κ3) is 9.43. The largest absolute Gasteiger partial charge is 0.459 e. The average Bonchev–Trinajstić information content (AvgIpc) is 2.46. The minimum absolute atomic E-state index is 0. The van der Waals surface area contributed by atoms with Crippen LogP contribution < -0.4 is 10.6 Å². The molecule has 0 aliphatic carbocycles. The molecule has 1 unspecified atom stereocenters. The highest BCUT2D eigenvalue weighted by molar-refractivity contribution is 14.0. The van der Waals surface area contributed by atoms with Crippen LogP contribution in [0.5, 0.6) is 0 Å². The predicted molar refractivity (Wildman–Crippen MR) is 105 cm³/mol. The molecule has 0 aromatic heterocycles. The SMILES string of the molecule is CN=C(NCC(=O)OC(C)(C)C)NCC(C)c1ccccc1.I. The van der Waals surface area contributed by atoms with E-state index in [1.165, 1.54) is 5.56 Å². The van der Waals surface area contributed by atoms with Gasteiger partial charge in [-0.15, -0.1) is 24.0 Å². The summed E-state index contributed by atoms with van der Waals surface area (Å²) < 4.78 is 5.24. The van der Waals surface area contributed by atoms with Gasteiger partial charge in [0.05, 0.1) is 0 Å². The molecule has 1 atom stereocenters. The maximum Gasteiger partial charge on any atom is 0.325 e. The molecule has 130 valence electrons. The third-order valence-corrected chi connectivity index (χ3v) is 2.99. The van der Waals surface area contributed by atoms with Crippen molar-refractivity contribution in [2.45, 2.75) is 39.2 Å². The Bertz CT molecular complexity index is 498. The number of esters is 1. The monoisotopic (exact) mass is 433 g/mol. The number of aliphatic imine (C=N–C) groups is 1. The highest BCUT2D eigenvalue weighted by atomic mass is 127. The second-order valence-corrected chi connectivity index (χ2v) is 6.20. The van der Waals surface area contributed by atoms with Gasteiger partial charge in [0.25, 0.3) is 0 Å². The van der Waals surface area contributed by atoms with E-state index in [1.807, 2.05) is 39.0 Å². The van der Waals surface area contributed by atoms with Crippen molar-refractivity contribution in [3.8, 4) is 0 Å². The molecule has 0 heterocycles. The van der Waals surface area contributed by atoms with Crippen molar-refractivity contribution in [3.63, 3.8) is 0 Å². The number of nitrogens with zero attached hydrogens (tertiary/aromatic N) is 1. The number of rotatable bonds is 5. The molecule has 2 N–H and O–H groups in total. The molecule has 0 spiro atoms. The van der Waals surface area contributed by atoms with Gasteiger partial charge in [0, 0.05) is 13.6 Å². The standard InChI is InChI=1S/C17H27N3O2.HI/c1-13(14-9-7-6-8-10-14)11-19-16(18-5)20-12-15(21)22-17(2,3)4;/h6-10,13H,11-12H2,1-5H3,(H2,18,19,20);1H. The summed E-state index contributed by atoms with van der Waals surface area (Å²) in [7, 11) is 1.68. The molecule has 1 rings (SSSR count). The zero-order valence-electron chi connectivity index (χ0n) is 14.6. The van der Waals surface area contributed by atoms with E-state index in [1.54, 1.807) is 7.05 Å². The fraction of sp³-hybridized carbons (Fsp3) is 0.529. The van der Waals surface area contributed by atoms with Gasteiger partial charge >= 0.3 is 5.97 Å². The Balaban J connectivity index is 0.00000484. The topological polar surface area (TPSA) is 62.7 Å². The first-order chi connectivity index (χ1) is 10.3. The number of hydrogen-bond acceptors (Lipinski definition) is 3. The van der Waals surface area contributed by atoms with E-state index in [4.69, 9.17) is 4.74 Å². The molecule has 5 nitrogen and oxygen atoms in total. The Kier molecular flexibility index (Phi) is 9.87. The van der Waals surface area contributed by atoms with Crippen molar-refractivity contribution in [3.05, 3.63) is 35.9 Å². The highest BCUT2D eigenvalue weighted by Crippen LogP contribution is 2.12. The second-order valence-electron chi connectivity index (χ2n) is 6.20. The third-order valence-electron chi connectivity index (χ3n) is 2.99. The lowest BCUT2D eigenvalue weighted by Crippen LogP contribution is -2.42. The summed E-state index contributed by atoms with van der Waals surface area (Å²) in [5.41, 5.74) is 0.787. The lowest BCUT2D eigenvalue weighted by Gasteiger charge is -2.20. The minimum Gasteiger partial charge on any atom is -0.459 e. The van der Waals surface area contributed by atoms with Crippen molar-refractivity contribution in [2.24, 2.45) is 4.99 Å². The summed E-state index contributed by atoms with van der Waals surface area (Å²) in [5.74, 6) is 0.640. The van der Waals surface area contributed by atoms with E-state index >= 15 is 0 Å². The second kappa shape index (κ2) is 10.5. The van der Waals surface area contributed by atoms with Gasteiger partial charge in [-0.1, -0.05) is 37.3 Å². The summed E-state index contributed by atoms with van der Waals surface area (Å²) in [4.78, 5) is 15.8. The Labute approximate surface area is 156 Å². The van der Waals surface area contributed by atoms with Crippen molar-refractivity contribution >= 4 is 35.9 Å². The first-order valence-electron chi connectivity index (χ1n) is 7.53. The Morgan fingerprint density at radius 3 is 2.35 bits per heavy atom. The van der Waals surface area contributed by atoms with E-state index < -0.39 is 5.60 Å². The summed E-state index contributed by atoms with van der Waals surface area (Å²) in [6.07, 6.45) is 0. The Morgan fingerprint density at radius 1 is 1.22 bits per heavy atom. The zero-order valence-corrected chi connectivity index (χ0v) is 16.9. The number of hydrogen-bond donors (Lipinski definition) is 2. The van der Waals surface area contributed by atoms with Gasteiger partial charge in [0.2, 0.25) is 0 Å². The molecule has 0 saturated heterocycles. The Hall–Kier alpha value is -1.31. The number of nitrogens with one attached hydrogen (secondary N) is 2. The van der Waals surface area contributed by atoms with Crippen LogP contribution in [0, 0.1) is 0 Å². The van der Waals surface area contributed by atoms with Crippen LogP contribution in [-0.2, 0) is 9.53 Å². The normalized spacial score (nSPS) is 12.8. The van der Waals surface area contributed by atoms with Gasteiger partial charge in [0.1, 0.15) is 12.1 Å². The van der Waals surface area contributed by atoms with Crippen LogP contribution in [0.3, 0.4) is 0 Å². The molecule has 6 heteroatoms. The first-order valence-corrected chi connectivity index (χ1v) is 7.53. The first kappa shape index (κ1) is 21.7. The number of guanidine groups is 1. The molecule has 0 bridgehead atoms. The van der Waals surface area contributed by atoms with Gasteiger partial charge < -0.3 is 15.4 Å². The number of halogens is 1. The Morgan fingerprint density at radius 2 is 1.83 bits per heavy atom. The van der Waals surface area contributed by atoms with Crippen molar-refractivity contribution in [1.82, 2.24) is 10.6 Å². The summed E-state index contributed by atoms with van der Waals surface area (Å²) in [6, 6.07) is 10.3. The lowest BCUT2D eigenvalue weighted by atomic mass is 10.0. The van der Waals surface area contributed by atoms with E-state index in [9.17, 15) is 4.79 Å². The van der Waals surface area contributed by atoms with Crippen LogP contribution >= 0.6 is 24.0 Å². The molecule has 0 radical (unpaired) electrons. The van der Waals surface area contributed by atoms with E-state index in [0.29, 0.717) is 11.9 Å².